The van der Waals surface area contributed by atoms with Gasteiger partial charge in [0.25, 0.3) is 7.82 Å². The Morgan fingerprint density at radius 1 is 0.443 bits per heavy atom. The molecule has 0 aromatic carbocycles. The second-order valence-corrected chi connectivity index (χ2v) is 22.8. The molecule has 0 fully saturated rings. The summed E-state index contributed by atoms with van der Waals surface area (Å²) in [5, 5.41) is 0. The van der Waals surface area contributed by atoms with E-state index in [0.29, 0.717) is 17.4 Å². The summed E-state index contributed by atoms with van der Waals surface area (Å²) in [6.45, 7) is 4.26. The number of allylic oxidation sites excluding steroid dienone is 6. The van der Waals surface area contributed by atoms with Crippen LogP contribution >= 0.6 is 7.82 Å². The topological polar surface area (TPSA) is 111 Å². The summed E-state index contributed by atoms with van der Waals surface area (Å²) < 4.78 is 34.2. The van der Waals surface area contributed by atoms with Crippen molar-refractivity contribution in [3.05, 3.63) is 36.5 Å². The molecular formula is C60H114NO8P. The summed E-state index contributed by atoms with van der Waals surface area (Å²) in [7, 11) is 1.17. The average molecular weight is 1010 g/mol. The smallest absolute Gasteiger partial charge is 0.306 e. The molecule has 412 valence electrons. The fourth-order valence-electron chi connectivity index (χ4n) is 8.51. The molecule has 0 N–H and O–H groups in total. The molecular weight excluding hydrogens is 894 g/mol. The summed E-state index contributed by atoms with van der Waals surface area (Å²) in [6, 6.07) is 0. The molecule has 0 aromatic rings. The molecule has 0 rings (SSSR count). The van der Waals surface area contributed by atoms with Crippen LogP contribution < -0.4 is 4.89 Å². The highest BCUT2D eigenvalue weighted by atomic mass is 31.2. The molecule has 70 heavy (non-hydrogen) atoms. The predicted molar refractivity (Wildman–Crippen MR) is 296 cm³/mol. The number of phosphoric acid groups is 1. The van der Waals surface area contributed by atoms with Gasteiger partial charge in [0.15, 0.2) is 6.10 Å². The third-order valence-corrected chi connectivity index (χ3v) is 14.1. The largest absolute Gasteiger partial charge is 0.756 e. The van der Waals surface area contributed by atoms with Crippen LogP contribution in [0.4, 0.5) is 0 Å². The maximum Gasteiger partial charge on any atom is 0.306 e. The molecule has 0 amide bonds. The van der Waals surface area contributed by atoms with Gasteiger partial charge in [-0.1, -0.05) is 237 Å². The lowest BCUT2D eigenvalue weighted by Gasteiger charge is -2.28. The van der Waals surface area contributed by atoms with Crippen molar-refractivity contribution in [3.63, 3.8) is 0 Å². The number of hydrogen-bond acceptors (Lipinski definition) is 8. The van der Waals surface area contributed by atoms with Crippen LogP contribution in [0.25, 0.3) is 0 Å². The van der Waals surface area contributed by atoms with Crippen LogP contribution in [-0.2, 0) is 32.7 Å². The molecule has 0 aliphatic heterocycles. The lowest BCUT2D eigenvalue weighted by atomic mass is 10.0. The first-order valence-corrected chi connectivity index (χ1v) is 31.2. The molecule has 2 unspecified atom stereocenters. The second kappa shape index (κ2) is 52.1. The molecule has 0 aliphatic rings. The number of hydrogen-bond donors (Lipinski definition) is 0. The molecule has 0 radical (unpaired) electrons. The summed E-state index contributed by atoms with van der Waals surface area (Å²) in [5.74, 6) is -0.826. The number of likely N-dealkylation sites (N-methyl/N-ethyl adjacent to an activating group) is 1. The van der Waals surface area contributed by atoms with E-state index in [-0.39, 0.29) is 32.0 Å². The van der Waals surface area contributed by atoms with E-state index in [0.717, 1.165) is 51.4 Å². The van der Waals surface area contributed by atoms with E-state index in [4.69, 9.17) is 18.5 Å². The van der Waals surface area contributed by atoms with Crippen LogP contribution in [0.5, 0.6) is 0 Å². The van der Waals surface area contributed by atoms with Crippen molar-refractivity contribution in [3.8, 4) is 0 Å². The lowest BCUT2D eigenvalue weighted by molar-refractivity contribution is -0.870. The Kier molecular flexibility index (Phi) is 50.8. The zero-order valence-electron chi connectivity index (χ0n) is 46.7. The van der Waals surface area contributed by atoms with Gasteiger partial charge in [0.1, 0.15) is 19.8 Å². The van der Waals surface area contributed by atoms with Gasteiger partial charge in [-0.05, 0) is 70.6 Å². The van der Waals surface area contributed by atoms with E-state index >= 15 is 0 Å². The molecule has 0 aliphatic carbocycles. The summed E-state index contributed by atoms with van der Waals surface area (Å²) in [6.07, 6.45) is 63.4. The van der Waals surface area contributed by atoms with Crippen LogP contribution in [0.1, 0.15) is 284 Å². The standard InChI is InChI=1S/C60H114NO8P/c1-6-8-10-12-14-16-18-20-22-24-25-26-27-28-29-30-31-32-33-34-35-37-39-41-43-45-47-49-51-53-60(63)69-58(57-68-70(64,65)67-55-54-61(3,4)5)56-66-59(62)52-50-48-46-44-42-40-38-36-23-21-19-17-15-13-11-9-7-2/h18,20-21,23-25,58H,6-17,19,22,26-57H2,1-5H3/b20-18-,23-21-,25-24-. The first-order chi connectivity index (χ1) is 34.0. The van der Waals surface area contributed by atoms with Gasteiger partial charge in [-0.25, -0.2) is 0 Å². The predicted octanol–water partition coefficient (Wildman–Crippen LogP) is 17.7. The lowest BCUT2D eigenvalue weighted by Crippen LogP contribution is -2.37. The molecule has 9 nitrogen and oxygen atoms in total. The van der Waals surface area contributed by atoms with Crippen LogP contribution in [0.3, 0.4) is 0 Å². The van der Waals surface area contributed by atoms with Crippen molar-refractivity contribution in [2.75, 3.05) is 47.5 Å². The van der Waals surface area contributed by atoms with Gasteiger partial charge in [-0.2, -0.15) is 0 Å². The molecule has 0 heterocycles. The third-order valence-electron chi connectivity index (χ3n) is 13.1. The first kappa shape index (κ1) is 68.2. The number of quaternary nitrogens is 1. The maximum atomic E-state index is 12.8. The quantitative estimate of drug-likeness (QED) is 0.0195. The fraction of sp³-hybridized carbons (Fsp3) is 0.867. The zero-order chi connectivity index (χ0) is 51.3. The van der Waals surface area contributed by atoms with Gasteiger partial charge in [-0.3, -0.25) is 14.2 Å². The minimum atomic E-state index is -4.63. The van der Waals surface area contributed by atoms with E-state index < -0.39 is 26.5 Å². The summed E-state index contributed by atoms with van der Waals surface area (Å²) >= 11 is 0. The van der Waals surface area contributed by atoms with Crippen LogP contribution in [0, 0.1) is 0 Å². The number of esters is 2. The van der Waals surface area contributed by atoms with Crippen molar-refractivity contribution in [1.82, 2.24) is 0 Å². The minimum absolute atomic E-state index is 0.0299. The van der Waals surface area contributed by atoms with Crippen molar-refractivity contribution in [1.29, 1.82) is 0 Å². The van der Waals surface area contributed by atoms with E-state index in [1.165, 1.54) is 199 Å². The Hall–Kier alpha value is -1.77. The van der Waals surface area contributed by atoms with E-state index in [1.54, 1.807) is 0 Å². The Morgan fingerprint density at radius 3 is 1.14 bits per heavy atom. The highest BCUT2D eigenvalue weighted by molar-refractivity contribution is 7.45. The third kappa shape index (κ3) is 55.5. The highest BCUT2D eigenvalue weighted by Gasteiger charge is 2.22. The molecule has 0 spiro atoms. The number of nitrogens with zero attached hydrogens (tertiary/aromatic N) is 1. The number of rotatable bonds is 55. The van der Waals surface area contributed by atoms with Gasteiger partial charge >= 0.3 is 11.9 Å². The molecule has 0 aromatic heterocycles. The number of carbonyl (C=O) groups excluding carboxylic acids is 2. The van der Waals surface area contributed by atoms with Crippen LogP contribution in [0.15, 0.2) is 36.5 Å². The molecule has 2 atom stereocenters. The van der Waals surface area contributed by atoms with E-state index in [2.05, 4.69) is 50.3 Å². The number of carbonyl (C=O) groups is 2. The van der Waals surface area contributed by atoms with Gasteiger partial charge in [0.05, 0.1) is 27.7 Å². The van der Waals surface area contributed by atoms with Crippen LogP contribution in [0.2, 0.25) is 0 Å². The minimum Gasteiger partial charge on any atom is -0.756 e. The zero-order valence-corrected chi connectivity index (χ0v) is 47.6. The number of phosphoric ester groups is 1. The Bertz CT molecular complexity index is 1280. The SMILES string of the molecule is CCCCCCC/C=C\C/C=C\CCCCCCCCCCCCCCCCCCCC(=O)OC(COC(=O)CCCCCCCCC/C=C\CCCCCCCC)COP(=O)([O-])OCC[N+](C)(C)C. The Morgan fingerprint density at radius 2 is 0.771 bits per heavy atom. The van der Waals surface area contributed by atoms with Crippen molar-refractivity contribution < 1.29 is 42.1 Å². The molecule has 0 saturated heterocycles. The van der Waals surface area contributed by atoms with Gasteiger partial charge in [0, 0.05) is 12.8 Å². The van der Waals surface area contributed by atoms with Crippen molar-refractivity contribution >= 4 is 19.8 Å². The number of unbranched alkanes of at least 4 members (excludes halogenated alkanes) is 35. The van der Waals surface area contributed by atoms with E-state index in [9.17, 15) is 19.0 Å². The summed E-state index contributed by atoms with van der Waals surface area (Å²) in [4.78, 5) is 37.8. The number of ether oxygens (including phenoxy) is 2. The average Bonchev–Trinajstić information content (AvgIpc) is 3.32. The molecule has 0 saturated carbocycles. The normalized spacial score (nSPS) is 13.5. The first-order valence-electron chi connectivity index (χ1n) is 29.7. The summed E-state index contributed by atoms with van der Waals surface area (Å²) in [5.41, 5.74) is 0. The van der Waals surface area contributed by atoms with Crippen LogP contribution in [-0.4, -0.2) is 70.0 Å². The monoisotopic (exact) mass is 1010 g/mol. The van der Waals surface area contributed by atoms with Gasteiger partial charge < -0.3 is 27.9 Å². The van der Waals surface area contributed by atoms with Crippen molar-refractivity contribution in [2.45, 2.75) is 290 Å². The second-order valence-electron chi connectivity index (χ2n) is 21.4. The fourth-order valence-corrected chi connectivity index (χ4v) is 9.24. The van der Waals surface area contributed by atoms with Crippen molar-refractivity contribution in [2.24, 2.45) is 0 Å². The molecule has 0 bridgehead atoms. The molecule has 10 heteroatoms. The Balaban J connectivity index is 4.08. The Labute approximate surface area is 433 Å². The van der Waals surface area contributed by atoms with E-state index in [1.807, 2.05) is 21.1 Å². The maximum absolute atomic E-state index is 12.8. The van der Waals surface area contributed by atoms with Gasteiger partial charge in [0.2, 0.25) is 0 Å². The highest BCUT2D eigenvalue weighted by Crippen LogP contribution is 2.38. The van der Waals surface area contributed by atoms with Gasteiger partial charge in [-0.15, -0.1) is 0 Å².